The van der Waals surface area contributed by atoms with Crippen LogP contribution in [0.1, 0.15) is 76.6 Å². The van der Waals surface area contributed by atoms with Gasteiger partial charge in [0.05, 0.1) is 17.8 Å². The van der Waals surface area contributed by atoms with Crippen molar-refractivity contribution in [2.24, 2.45) is 11.8 Å². The van der Waals surface area contributed by atoms with Crippen molar-refractivity contribution in [2.45, 2.75) is 90.3 Å². The first-order chi connectivity index (χ1) is 14.8. The molecule has 5 heteroatoms. The van der Waals surface area contributed by atoms with Gasteiger partial charge in [-0.15, -0.1) is 0 Å². The first-order valence-electron chi connectivity index (χ1n) is 11.5. The number of carbonyl (C=O) groups excluding carboxylic acids is 2. The highest BCUT2D eigenvalue weighted by Gasteiger charge is 2.47. The Hall–Kier alpha value is -1.98. The summed E-state index contributed by atoms with van der Waals surface area (Å²) in [5.41, 5.74) is 1.73. The lowest BCUT2D eigenvalue weighted by molar-refractivity contribution is -0.331. The van der Waals surface area contributed by atoms with Gasteiger partial charge >= 0.3 is 5.97 Å². The van der Waals surface area contributed by atoms with E-state index in [-0.39, 0.29) is 30.2 Å². The summed E-state index contributed by atoms with van der Waals surface area (Å²) >= 11 is 0. The van der Waals surface area contributed by atoms with Crippen molar-refractivity contribution in [3.63, 3.8) is 0 Å². The maximum absolute atomic E-state index is 12.7. The van der Waals surface area contributed by atoms with Crippen LogP contribution in [0.2, 0.25) is 0 Å². The third-order valence-corrected chi connectivity index (χ3v) is 6.52. The molecule has 170 valence electrons. The van der Waals surface area contributed by atoms with Gasteiger partial charge < -0.3 is 19.0 Å². The Bertz CT molecular complexity index is 773. The second-order valence-corrected chi connectivity index (χ2v) is 9.43. The number of allylic oxidation sites excluding steroid dienone is 1. The van der Waals surface area contributed by atoms with Gasteiger partial charge in [-0.3, -0.25) is 0 Å². The van der Waals surface area contributed by atoms with Crippen molar-refractivity contribution in [3.05, 3.63) is 47.5 Å². The number of rotatable bonds is 7. The molecule has 31 heavy (non-hydrogen) atoms. The van der Waals surface area contributed by atoms with Crippen molar-refractivity contribution < 1.29 is 23.8 Å². The van der Waals surface area contributed by atoms with Crippen molar-refractivity contribution in [3.8, 4) is 0 Å². The Morgan fingerprint density at radius 1 is 1.26 bits per heavy atom. The Kier molecular flexibility index (Phi) is 8.06. The standard InChI is InChI=1S/C26H36O5/c1-18(14-19(2)17-27)10-11-23-15-24(29-25(28)22-8-6-5-7-9-22)16-26(31-23)13-12-20(3)21(4)30-26/h5-10,17,19-21,23-24H,11-16H2,1-4H3/b18-10+/t19-,20+,21-,23-,24+,26+/m1/s1. The number of benzene rings is 1. The highest BCUT2D eigenvalue weighted by Crippen LogP contribution is 2.42. The van der Waals surface area contributed by atoms with Crippen molar-refractivity contribution >= 4 is 12.3 Å². The molecule has 0 aliphatic carbocycles. The number of aldehydes is 1. The van der Waals surface area contributed by atoms with Gasteiger partial charge in [-0.2, -0.15) is 0 Å². The molecule has 3 rings (SSSR count). The van der Waals surface area contributed by atoms with E-state index in [0.717, 1.165) is 25.5 Å². The van der Waals surface area contributed by atoms with Gasteiger partial charge in [-0.25, -0.2) is 4.79 Å². The summed E-state index contributed by atoms with van der Waals surface area (Å²) in [4.78, 5) is 23.6. The van der Waals surface area contributed by atoms with E-state index in [1.807, 2.05) is 32.0 Å². The lowest BCUT2D eigenvalue weighted by Gasteiger charge is -2.49. The van der Waals surface area contributed by atoms with Gasteiger partial charge in [0, 0.05) is 25.2 Å². The van der Waals surface area contributed by atoms with Gasteiger partial charge in [-0.1, -0.05) is 43.7 Å². The maximum atomic E-state index is 12.7. The molecule has 1 spiro atoms. The largest absolute Gasteiger partial charge is 0.458 e. The zero-order valence-corrected chi connectivity index (χ0v) is 19.2. The monoisotopic (exact) mass is 428 g/mol. The van der Waals surface area contributed by atoms with Crippen LogP contribution in [0, 0.1) is 11.8 Å². The van der Waals surface area contributed by atoms with E-state index < -0.39 is 5.79 Å². The van der Waals surface area contributed by atoms with Crippen LogP contribution < -0.4 is 0 Å². The molecule has 0 saturated carbocycles. The second kappa shape index (κ2) is 10.6. The molecule has 0 aromatic heterocycles. The molecule has 0 radical (unpaired) electrons. The molecule has 2 heterocycles. The quantitative estimate of drug-likeness (QED) is 0.327. The summed E-state index contributed by atoms with van der Waals surface area (Å²) < 4.78 is 18.8. The molecule has 2 fully saturated rings. The molecule has 0 N–H and O–H groups in total. The fourth-order valence-electron chi connectivity index (χ4n) is 4.56. The Balaban J connectivity index is 1.72. The van der Waals surface area contributed by atoms with E-state index in [1.54, 1.807) is 12.1 Å². The molecular formula is C26H36O5. The Morgan fingerprint density at radius 2 is 2.00 bits per heavy atom. The minimum Gasteiger partial charge on any atom is -0.458 e. The predicted octanol–water partition coefficient (Wildman–Crippen LogP) is 5.48. The molecular weight excluding hydrogens is 392 g/mol. The average molecular weight is 429 g/mol. The summed E-state index contributed by atoms with van der Waals surface area (Å²) in [7, 11) is 0. The summed E-state index contributed by atoms with van der Waals surface area (Å²) in [6, 6.07) is 9.11. The first kappa shape index (κ1) is 23.7. The number of esters is 1. The Morgan fingerprint density at radius 3 is 2.68 bits per heavy atom. The lowest BCUT2D eigenvalue weighted by Crippen LogP contribution is -2.53. The predicted molar refractivity (Wildman–Crippen MR) is 120 cm³/mol. The summed E-state index contributed by atoms with van der Waals surface area (Å²) in [6.45, 7) is 8.26. The number of hydrogen-bond donors (Lipinski definition) is 0. The molecule has 5 nitrogen and oxygen atoms in total. The topological polar surface area (TPSA) is 61.8 Å². The van der Waals surface area contributed by atoms with Crippen LogP contribution in [0.4, 0.5) is 0 Å². The third-order valence-electron chi connectivity index (χ3n) is 6.52. The van der Waals surface area contributed by atoms with Crippen LogP contribution in [-0.2, 0) is 19.0 Å². The van der Waals surface area contributed by atoms with Crippen molar-refractivity contribution in [1.29, 1.82) is 0 Å². The zero-order chi connectivity index (χ0) is 22.4. The highest BCUT2D eigenvalue weighted by atomic mass is 16.7. The second-order valence-electron chi connectivity index (χ2n) is 9.43. The van der Waals surface area contributed by atoms with Gasteiger partial charge in [-0.05, 0) is 51.2 Å². The fourth-order valence-corrected chi connectivity index (χ4v) is 4.56. The highest BCUT2D eigenvalue weighted by molar-refractivity contribution is 5.89. The van der Waals surface area contributed by atoms with E-state index in [4.69, 9.17) is 14.2 Å². The first-order valence-corrected chi connectivity index (χ1v) is 11.5. The molecule has 0 bridgehead atoms. The zero-order valence-electron chi connectivity index (χ0n) is 19.2. The molecule has 0 unspecified atom stereocenters. The normalized spacial score (nSPS) is 32.5. The van der Waals surface area contributed by atoms with Crippen molar-refractivity contribution in [2.75, 3.05) is 0 Å². The molecule has 1 aromatic rings. The van der Waals surface area contributed by atoms with E-state index in [2.05, 4.69) is 19.9 Å². The van der Waals surface area contributed by atoms with Crippen LogP contribution in [0.25, 0.3) is 0 Å². The molecule has 2 aliphatic heterocycles. The maximum Gasteiger partial charge on any atom is 0.338 e. The third kappa shape index (κ3) is 6.50. The molecule has 2 saturated heterocycles. The lowest BCUT2D eigenvalue weighted by atomic mass is 9.86. The van der Waals surface area contributed by atoms with Gasteiger partial charge in [0.25, 0.3) is 0 Å². The van der Waals surface area contributed by atoms with E-state index in [0.29, 0.717) is 30.7 Å². The van der Waals surface area contributed by atoms with E-state index in [9.17, 15) is 9.59 Å². The van der Waals surface area contributed by atoms with E-state index >= 15 is 0 Å². The number of hydrogen-bond acceptors (Lipinski definition) is 5. The summed E-state index contributed by atoms with van der Waals surface area (Å²) in [5, 5.41) is 0. The van der Waals surface area contributed by atoms with Crippen LogP contribution in [0.15, 0.2) is 42.0 Å². The summed E-state index contributed by atoms with van der Waals surface area (Å²) in [6.07, 6.45) is 7.38. The molecule has 6 atom stereocenters. The Labute approximate surface area is 186 Å². The minimum atomic E-state index is -0.700. The number of ether oxygens (including phenoxy) is 3. The van der Waals surface area contributed by atoms with Crippen LogP contribution in [-0.4, -0.2) is 36.4 Å². The minimum absolute atomic E-state index is 0.0125. The molecule has 2 aliphatic rings. The van der Waals surface area contributed by atoms with Gasteiger partial charge in [0.2, 0.25) is 0 Å². The van der Waals surface area contributed by atoms with Gasteiger partial charge in [0.1, 0.15) is 12.4 Å². The fraction of sp³-hybridized carbons (Fsp3) is 0.615. The van der Waals surface area contributed by atoms with Crippen LogP contribution in [0.5, 0.6) is 0 Å². The molecule has 1 aromatic carbocycles. The van der Waals surface area contributed by atoms with E-state index in [1.165, 1.54) is 5.57 Å². The van der Waals surface area contributed by atoms with Gasteiger partial charge in [0.15, 0.2) is 5.79 Å². The smallest absolute Gasteiger partial charge is 0.338 e. The average Bonchev–Trinajstić information content (AvgIpc) is 2.75. The van der Waals surface area contributed by atoms with Crippen LogP contribution in [0.3, 0.4) is 0 Å². The SMILES string of the molecule is C/C(=C\C[C@@H]1C[C@H](OC(=O)c2ccccc2)C[C@]2(CC[C@H](C)[C@@H](C)O2)O1)C[C@@H](C)C=O. The van der Waals surface area contributed by atoms with Crippen molar-refractivity contribution in [1.82, 2.24) is 0 Å². The number of carbonyl (C=O) groups is 2. The van der Waals surface area contributed by atoms with Crippen LogP contribution >= 0.6 is 0 Å². The summed E-state index contributed by atoms with van der Waals surface area (Å²) in [5.74, 6) is -0.510. The molecule has 0 amide bonds.